The average molecular weight is 247 g/mol. The van der Waals surface area contributed by atoms with E-state index in [1.54, 1.807) is 0 Å². The van der Waals surface area contributed by atoms with Crippen LogP contribution in [0.25, 0.3) is 10.9 Å². The molecule has 0 fully saturated rings. The van der Waals surface area contributed by atoms with Crippen LogP contribution in [0.1, 0.15) is 13.8 Å². The van der Waals surface area contributed by atoms with Gasteiger partial charge in [0.05, 0.1) is 23.6 Å². The third-order valence-corrected chi connectivity index (χ3v) is 2.36. The molecule has 0 saturated heterocycles. The first-order valence-corrected chi connectivity index (χ1v) is 5.93. The summed E-state index contributed by atoms with van der Waals surface area (Å²) in [7, 11) is 0. The first kappa shape index (κ1) is 12.6. The predicted octanol–water partition coefficient (Wildman–Crippen LogP) is 2.02. The fourth-order valence-electron chi connectivity index (χ4n) is 1.60. The highest BCUT2D eigenvalue weighted by atomic mass is 16.5. The molecule has 2 rings (SSSR count). The van der Waals surface area contributed by atoms with E-state index in [0.29, 0.717) is 19.1 Å². The highest BCUT2D eigenvalue weighted by Crippen LogP contribution is 2.22. The van der Waals surface area contributed by atoms with Gasteiger partial charge >= 0.3 is 0 Å². The zero-order chi connectivity index (χ0) is 13.0. The lowest BCUT2D eigenvalue weighted by molar-refractivity contribution is 0.0546. The molecule has 5 nitrogen and oxygen atoms in total. The SMILES string of the molecule is CC(C)OCCOc1nc(N)nc2ccccc12. The van der Waals surface area contributed by atoms with Crippen LogP contribution in [0, 0.1) is 0 Å². The third kappa shape index (κ3) is 3.07. The van der Waals surface area contributed by atoms with E-state index in [9.17, 15) is 0 Å². The van der Waals surface area contributed by atoms with Gasteiger partial charge < -0.3 is 15.2 Å². The number of fused-ring (bicyclic) bond motifs is 1. The van der Waals surface area contributed by atoms with Gasteiger partial charge in [0.1, 0.15) is 6.61 Å². The maximum absolute atomic E-state index is 5.64. The Morgan fingerprint density at radius 3 is 2.72 bits per heavy atom. The van der Waals surface area contributed by atoms with Crippen LogP contribution >= 0.6 is 0 Å². The second-order valence-electron chi connectivity index (χ2n) is 4.17. The number of para-hydroxylation sites is 1. The predicted molar refractivity (Wildman–Crippen MR) is 70.5 cm³/mol. The second-order valence-corrected chi connectivity index (χ2v) is 4.17. The minimum absolute atomic E-state index is 0.195. The Labute approximate surface area is 106 Å². The molecule has 0 atom stereocenters. The molecule has 2 N–H and O–H groups in total. The van der Waals surface area contributed by atoms with E-state index in [-0.39, 0.29) is 12.1 Å². The van der Waals surface area contributed by atoms with Crippen molar-refractivity contribution in [2.24, 2.45) is 0 Å². The minimum atomic E-state index is 0.195. The molecule has 0 aliphatic rings. The Balaban J connectivity index is 2.12. The fourth-order valence-corrected chi connectivity index (χ4v) is 1.60. The van der Waals surface area contributed by atoms with Gasteiger partial charge in [-0.2, -0.15) is 4.98 Å². The van der Waals surface area contributed by atoms with Gasteiger partial charge in [-0.05, 0) is 26.0 Å². The molecule has 1 aromatic carbocycles. The normalized spacial score (nSPS) is 11.1. The summed E-state index contributed by atoms with van der Waals surface area (Å²) in [6.07, 6.45) is 0.195. The lowest BCUT2D eigenvalue weighted by atomic mass is 10.2. The molecule has 0 aliphatic carbocycles. The van der Waals surface area contributed by atoms with Crippen LogP contribution in [0.4, 0.5) is 5.95 Å². The number of aromatic nitrogens is 2. The number of nitrogen functional groups attached to an aromatic ring is 1. The molecule has 1 aromatic heterocycles. The van der Waals surface area contributed by atoms with Crippen molar-refractivity contribution < 1.29 is 9.47 Å². The van der Waals surface area contributed by atoms with Gasteiger partial charge in [-0.25, -0.2) is 4.98 Å². The zero-order valence-electron chi connectivity index (χ0n) is 10.6. The summed E-state index contributed by atoms with van der Waals surface area (Å²) in [6.45, 7) is 4.94. The van der Waals surface area contributed by atoms with Gasteiger partial charge in [0.15, 0.2) is 0 Å². The number of benzene rings is 1. The molecule has 0 aliphatic heterocycles. The fraction of sp³-hybridized carbons (Fsp3) is 0.385. The summed E-state index contributed by atoms with van der Waals surface area (Å²) in [5, 5.41) is 0.858. The van der Waals surface area contributed by atoms with Crippen molar-refractivity contribution in [3.8, 4) is 5.88 Å². The molecule has 0 bridgehead atoms. The Morgan fingerprint density at radius 1 is 1.17 bits per heavy atom. The van der Waals surface area contributed by atoms with Gasteiger partial charge in [-0.1, -0.05) is 12.1 Å². The first-order valence-electron chi connectivity index (χ1n) is 5.93. The second kappa shape index (κ2) is 5.64. The average Bonchev–Trinajstić information content (AvgIpc) is 2.34. The van der Waals surface area contributed by atoms with Gasteiger partial charge in [0, 0.05) is 0 Å². The van der Waals surface area contributed by atoms with Crippen molar-refractivity contribution in [3.05, 3.63) is 24.3 Å². The molecule has 5 heteroatoms. The van der Waals surface area contributed by atoms with Gasteiger partial charge in [-0.3, -0.25) is 0 Å². The maximum Gasteiger partial charge on any atom is 0.226 e. The quantitative estimate of drug-likeness (QED) is 0.818. The Morgan fingerprint density at radius 2 is 1.94 bits per heavy atom. The highest BCUT2D eigenvalue weighted by Gasteiger charge is 2.06. The van der Waals surface area contributed by atoms with Gasteiger partial charge in [0.25, 0.3) is 0 Å². The molecule has 0 amide bonds. The lowest BCUT2D eigenvalue weighted by Crippen LogP contribution is -2.12. The minimum Gasteiger partial charge on any atom is -0.475 e. The number of hydrogen-bond donors (Lipinski definition) is 1. The summed E-state index contributed by atoms with van der Waals surface area (Å²) in [4.78, 5) is 8.26. The number of rotatable bonds is 5. The Bertz CT molecular complexity index is 529. The van der Waals surface area contributed by atoms with Crippen molar-refractivity contribution in [2.75, 3.05) is 18.9 Å². The number of nitrogens with zero attached hydrogens (tertiary/aromatic N) is 2. The number of nitrogens with two attached hydrogens (primary N) is 1. The van der Waals surface area contributed by atoms with E-state index in [1.165, 1.54) is 0 Å². The molecule has 0 radical (unpaired) electrons. The van der Waals surface area contributed by atoms with Gasteiger partial charge in [-0.15, -0.1) is 0 Å². The highest BCUT2D eigenvalue weighted by molar-refractivity contribution is 5.84. The van der Waals surface area contributed by atoms with E-state index in [0.717, 1.165) is 10.9 Å². The summed E-state index contributed by atoms with van der Waals surface area (Å²) in [6, 6.07) is 7.61. The number of ether oxygens (including phenoxy) is 2. The van der Waals surface area contributed by atoms with Crippen molar-refractivity contribution in [3.63, 3.8) is 0 Å². The van der Waals surface area contributed by atoms with E-state index in [1.807, 2.05) is 38.1 Å². The molecule has 96 valence electrons. The van der Waals surface area contributed by atoms with Gasteiger partial charge in [0.2, 0.25) is 11.8 Å². The lowest BCUT2D eigenvalue weighted by Gasteiger charge is -2.10. The molecular formula is C13H17N3O2. The van der Waals surface area contributed by atoms with E-state index in [2.05, 4.69) is 9.97 Å². The zero-order valence-corrected chi connectivity index (χ0v) is 10.6. The van der Waals surface area contributed by atoms with Crippen LogP contribution in [0.5, 0.6) is 5.88 Å². The van der Waals surface area contributed by atoms with Crippen LogP contribution in [-0.4, -0.2) is 29.3 Å². The molecule has 18 heavy (non-hydrogen) atoms. The topological polar surface area (TPSA) is 70.3 Å². The van der Waals surface area contributed by atoms with Crippen LogP contribution in [0.3, 0.4) is 0 Å². The summed E-state index contributed by atoms with van der Waals surface area (Å²) < 4.78 is 11.0. The van der Waals surface area contributed by atoms with Crippen molar-refractivity contribution in [1.82, 2.24) is 9.97 Å². The molecule has 2 aromatic rings. The van der Waals surface area contributed by atoms with E-state index in [4.69, 9.17) is 15.2 Å². The molecule has 1 heterocycles. The Hall–Kier alpha value is -1.88. The molecule has 0 saturated carbocycles. The smallest absolute Gasteiger partial charge is 0.226 e. The first-order chi connectivity index (χ1) is 8.66. The number of anilines is 1. The third-order valence-electron chi connectivity index (χ3n) is 2.36. The van der Waals surface area contributed by atoms with E-state index < -0.39 is 0 Å². The Kier molecular flexibility index (Phi) is 3.94. The summed E-state index contributed by atoms with van der Waals surface area (Å²) >= 11 is 0. The van der Waals surface area contributed by atoms with Crippen LogP contribution in [-0.2, 0) is 4.74 Å². The van der Waals surface area contributed by atoms with Crippen molar-refractivity contribution in [2.45, 2.75) is 20.0 Å². The van der Waals surface area contributed by atoms with E-state index >= 15 is 0 Å². The van der Waals surface area contributed by atoms with Crippen molar-refractivity contribution >= 4 is 16.9 Å². The van der Waals surface area contributed by atoms with Crippen LogP contribution in [0.2, 0.25) is 0 Å². The molecule has 0 unspecified atom stereocenters. The molecule has 0 spiro atoms. The van der Waals surface area contributed by atoms with Crippen molar-refractivity contribution in [1.29, 1.82) is 0 Å². The summed E-state index contributed by atoms with van der Waals surface area (Å²) in [5.74, 6) is 0.721. The maximum atomic E-state index is 5.64. The van der Waals surface area contributed by atoms with Crippen LogP contribution < -0.4 is 10.5 Å². The monoisotopic (exact) mass is 247 g/mol. The van der Waals surface area contributed by atoms with Crippen LogP contribution in [0.15, 0.2) is 24.3 Å². The number of hydrogen-bond acceptors (Lipinski definition) is 5. The largest absolute Gasteiger partial charge is 0.475 e. The molecular weight excluding hydrogens is 230 g/mol. The standard InChI is InChI=1S/C13H17N3O2/c1-9(2)17-7-8-18-12-10-5-3-4-6-11(10)15-13(14)16-12/h3-6,9H,7-8H2,1-2H3,(H2,14,15,16). The summed E-state index contributed by atoms with van der Waals surface area (Å²) in [5.41, 5.74) is 6.43.